The van der Waals surface area contributed by atoms with E-state index < -0.39 is 16.7 Å². The zero-order valence-corrected chi connectivity index (χ0v) is 10.2. The third-order valence-electron chi connectivity index (χ3n) is 2.77. The fourth-order valence-electron chi connectivity index (χ4n) is 1.83. The summed E-state index contributed by atoms with van der Waals surface area (Å²) in [4.78, 5) is 14.9. The molecule has 92 valence electrons. The molecule has 1 aromatic rings. The van der Waals surface area contributed by atoms with Crippen molar-refractivity contribution in [2.75, 3.05) is 16.8 Å². The van der Waals surface area contributed by atoms with Crippen molar-refractivity contribution in [2.24, 2.45) is 5.73 Å². The van der Waals surface area contributed by atoms with E-state index in [2.05, 4.69) is 10.3 Å². The van der Waals surface area contributed by atoms with Gasteiger partial charge in [-0.15, -0.1) is 0 Å². The molecule has 1 amide bonds. The van der Waals surface area contributed by atoms with Crippen molar-refractivity contribution < 1.29 is 9.00 Å². The number of nitrogens with two attached hydrogens (primary N) is 1. The summed E-state index contributed by atoms with van der Waals surface area (Å²) in [5, 5.41) is 3.31. The Kier molecular flexibility index (Phi) is 3.73. The van der Waals surface area contributed by atoms with Gasteiger partial charge in [0.15, 0.2) is 0 Å². The molecule has 0 aliphatic carbocycles. The van der Waals surface area contributed by atoms with Gasteiger partial charge in [-0.05, 0) is 25.0 Å². The van der Waals surface area contributed by atoms with E-state index in [1.54, 1.807) is 18.3 Å². The Labute approximate surface area is 102 Å². The average molecular weight is 253 g/mol. The number of rotatable bonds is 3. The molecule has 2 rings (SSSR count). The number of carbonyl (C=O) groups is 1. The van der Waals surface area contributed by atoms with E-state index in [-0.39, 0.29) is 5.69 Å². The molecule has 3 N–H and O–H groups in total. The molecule has 0 radical (unpaired) electrons. The van der Waals surface area contributed by atoms with Crippen molar-refractivity contribution in [1.29, 1.82) is 0 Å². The SMILES string of the molecule is NC(=O)c1cc(NC2CCS(=O)CC2)ccn1. The highest BCUT2D eigenvalue weighted by Crippen LogP contribution is 2.16. The van der Waals surface area contributed by atoms with Gasteiger partial charge in [0.1, 0.15) is 5.69 Å². The molecular formula is C11H15N3O2S. The van der Waals surface area contributed by atoms with Gasteiger partial charge in [-0.2, -0.15) is 0 Å². The maximum atomic E-state index is 11.2. The summed E-state index contributed by atoms with van der Waals surface area (Å²) in [5.41, 5.74) is 6.26. The summed E-state index contributed by atoms with van der Waals surface area (Å²) in [6.45, 7) is 0. The van der Waals surface area contributed by atoms with Crippen LogP contribution in [0.15, 0.2) is 18.3 Å². The minimum atomic E-state index is -0.657. The molecule has 1 aliphatic rings. The van der Waals surface area contributed by atoms with Crippen molar-refractivity contribution in [1.82, 2.24) is 4.98 Å². The average Bonchev–Trinajstić information content (AvgIpc) is 2.32. The quantitative estimate of drug-likeness (QED) is 0.821. The lowest BCUT2D eigenvalue weighted by molar-refractivity contribution is 0.0995. The van der Waals surface area contributed by atoms with Crippen LogP contribution in [-0.4, -0.2) is 32.6 Å². The van der Waals surface area contributed by atoms with Gasteiger partial charge in [0.2, 0.25) is 0 Å². The van der Waals surface area contributed by atoms with Crippen LogP contribution in [-0.2, 0) is 10.8 Å². The Morgan fingerprint density at radius 2 is 2.18 bits per heavy atom. The second kappa shape index (κ2) is 5.27. The molecule has 6 heteroatoms. The summed E-state index contributed by atoms with van der Waals surface area (Å²) < 4.78 is 11.2. The number of primary amides is 1. The second-order valence-corrected chi connectivity index (χ2v) is 5.76. The highest BCUT2D eigenvalue weighted by Gasteiger charge is 2.17. The van der Waals surface area contributed by atoms with Crippen LogP contribution >= 0.6 is 0 Å². The summed E-state index contributed by atoms with van der Waals surface area (Å²) in [7, 11) is -0.657. The van der Waals surface area contributed by atoms with Crippen molar-refractivity contribution in [3.8, 4) is 0 Å². The van der Waals surface area contributed by atoms with Crippen LogP contribution in [0.4, 0.5) is 5.69 Å². The van der Waals surface area contributed by atoms with E-state index in [1.165, 1.54) is 0 Å². The van der Waals surface area contributed by atoms with Gasteiger partial charge in [0.25, 0.3) is 5.91 Å². The van der Waals surface area contributed by atoms with Gasteiger partial charge in [-0.1, -0.05) is 0 Å². The molecule has 0 aromatic carbocycles. The monoisotopic (exact) mass is 253 g/mol. The van der Waals surface area contributed by atoms with Crippen molar-refractivity contribution in [3.63, 3.8) is 0 Å². The molecule has 1 aromatic heterocycles. The molecule has 1 fully saturated rings. The first-order valence-electron chi connectivity index (χ1n) is 5.52. The molecule has 17 heavy (non-hydrogen) atoms. The number of pyridine rings is 1. The number of anilines is 1. The Balaban J connectivity index is 2.01. The van der Waals surface area contributed by atoms with Crippen LogP contribution in [0.2, 0.25) is 0 Å². The lowest BCUT2D eigenvalue weighted by Crippen LogP contribution is -2.29. The van der Waals surface area contributed by atoms with Crippen molar-refractivity contribution >= 4 is 22.4 Å². The highest BCUT2D eigenvalue weighted by molar-refractivity contribution is 7.85. The van der Waals surface area contributed by atoms with Gasteiger partial charge in [-0.3, -0.25) is 14.0 Å². The van der Waals surface area contributed by atoms with Crippen molar-refractivity contribution in [3.05, 3.63) is 24.0 Å². The van der Waals surface area contributed by atoms with E-state index in [4.69, 9.17) is 5.73 Å². The van der Waals surface area contributed by atoms with Gasteiger partial charge >= 0.3 is 0 Å². The van der Waals surface area contributed by atoms with E-state index >= 15 is 0 Å². The number of hydrogen-bond donors (Lipinski definition) is 2. The summed E-state index contributed by atoms with van der Waals surface area (Å²) in [6, 6.07) is 3.77. The first-order valence-corrected chi connectivity index (χ1v) is 7.01. The first-order chi connectivity index (χ1) is 8.15. The normalized spacial score (nSPS) is 24.2. The van der Waals surface area contributed by atoms with Crippen molar-refractivity contribution in [2.45, 2.75) is 18.9 Å². The molecule has 5 nitrogen and oxygen atoms in total. The second-order valence-electron chi connectivity index (χ2n) is 4.06. The van der Waals surface area contributed by atoms with E-state index in [1.807, 2.05) is 0 Å². The molecule has 0 spiro atoms. The lowest BCUT2D eigenvalue weighted by Gasteiger charge is -2.23. The minimum absolute atomic E-state index is 0.259. The Bertz CT molecular complexity index is 440. The maximum Gasteiger partial charge on any atom is 0.267 e. The molecule has 0 saturated carbocycles. The number of amides is 1. The molecule has 1 aliphatic heterocycles. The predicted molar refractivity (Wildman–Crippen MR) is 67.3 cm³/mol. The summed E-state index contributed by atoms with van der Waals surface area (Å²) >= 11 is 0. The van der Waals surface area contributed by atoms with Crippen LogP contribution in [0.1, 0.15) is 23.3 Å². The molecular weight excluding hydrogens is 238 g/mol. The number of carbonyl (C=O) groups excluding carboxylic acids is 1. The first kappa shape index (κ1) is 12.0. The molecule has 1 saturated heterocycles. The lowest BCUT2D eigenvalue weighted by atomic mass is 10.1. The van der Waals surface area contributed by atoms with E-state index in [9.17, 15) is 9.00 Å². The van der Waals surface area contributed by atoms with E-state index in [0.29, 0.717) is 6.04 Å². The third kappa shape index (κ3) is 3.26. The molecule has 0 bridgehead atoms. The topological polar surface area (TPSA) is 85.1 Å². The highest BCUT2D eigenvalue weighted by atomic mass is 32.2. The number of aromatic nitrogens is 1. The van der Waals surface area contributed by atoms with Gasteiger partial charge in [0, 0.05) is 40.2 Å². The minimum Gasteiger partial charge on any atom is -0.382 e. The fourth-order valence-corrected chi connectivity index (χ4v) is 3.13. The zero-order valence-electron chi connectivity index (χ0n) is 9.39. The van der Waals surface area contributed by atoms with Gasteiger partial charge in [0.05, 0.1) is 0 Å². The summed E-state index contributed by atoms with van der Waals surface area (Å²) in [5.74, 6) is 0.954. The van der Waals surface area contributed by atoms with Crippen LogP contribution in [0, 0.1) is 0 Å². The maximum absolute atomic E-state index is 11.2. The fraction of sp³-hybridized carbons (Fsp3) is 0.455. The number of nitrogens with one attached hydrogen (secondary N) is 1. The Morgan fingerprint density at radius 3 is 2.82 bits per heavy atom. The largest absolute Gasteiger partial charge is 0.382 e. The predicted octanol–water partition coefficient (Wildman–Crippen LogP) is 0.503. The number of nitrogens with zero attached hydrogens (tertiary/aromatic N) is 1. The van der Waals surface area contributed by atoms with Gasteiger partial charge in [-0.25, -0.2) is 0 Å². The zero-order chi connectivity index (χ0) is 12.3. The van der Waals surface area contributed by atoms with Gasteiger partial charge < -0.3 is 11.1 Å². The molecule has 2 heterocycles. The number of hydrogen-bond acceptors (Lipinski definition) is 4. The Morgan fingerprint density at radius 1 is 1.47 bits per heavy atom. The smallest absolute Gasteiger partial charge is 0.267 e. The third-order valence-corrected chi connectivity index (χ3v) is 4.15. The molecule has 0 atom stereocenters. The molecule has 0 unspecified atom stereocenters. The standard InChI is InChI=1S/C11H15N3O2S/c12-11(15)10-7-9(1-4-13-10)14-8-2-5-17(16)6-3-8/h1,4,7-8H,2-3,5-6H2,(H2,12,15)(H,13,14). The van der Waals surface area contributed by atoms with Crippen LogP contribution < -0.4 is 11.1 Å². The van der Waals surface area contributed by atoms with Crippen LogP contribution in [0.25, 0.3) is 0 Å². The van der Waals surface area contributed by atoms with Crippen LogP contribution in [0.5, 0.6) is 0 Å². The Hall–Kier alpha value is -1.43. The summed E-state index contributed by atoms with van der Waals surface area (Å²) in [6.07, 6.45) is 3.34. The van der Waals surface area contributed by atoms with E-state index in [0.717, 1.165) is 30.0 Å². The van der Waals surface area contributed by atoms with Crippen LogP contribution in [0.3, 0.4) is 0 Å².